The van der Waals surface area contributed by atoms with Crippen molar-refractivity contribution >= 4 is 23.2 Å². The summed E-state index contributed by atoms with van der Waals surface area (Å²) in [4.78, 5) is 4.00. The summed E-state index contributed by atoms with van der Waals surface area (Å²) < 4.78 is 7.13. The summed E-state index contributed by atoms with van der Waals surface area (Å²) in [5.41, 5.74) is 0. The van der Waals surface area contributed by atoms with Gasteiger partial charge in [0.05, 0.1) is 11.2 Å². The second-order valence-corrected chi connectivity index (χ2v) is 3.75. The van der Waals surface area contributed by atoms with Crippen molar-refractivity contribution in [2.45, 2.75) is 0 Å². The van der Waals surface area contributed by atoms with Crippen LogP contribution < -0.4 is 4.74 Å². The average molecular weight is 243 g/mol. The monoisotopic (exact) mass is 242 g/mol. The fourth-order valence-corrected chi connectivity index (χ4v) is 1.39. The van der Waals surface area contributed by atoms with E-state index in [0.717, 1.165) is 0 Å². The number of rotatable bonds is 2. The van der Waals surface area contributed by atoms with E-state index in [1.165, 1.54) is 6.20 Å². The Bertz CT molecular complexity index is 482. The zero-order valence-electron chi connectivity index (χ0n) is 7.95. The molecule has 1 aromatic heterocycles. The molecule has 1 aromatic carbocycles. The number of ether oxygens (including phenoxy) is 1. The van der Waals surface area contributed by atoms with Gasteiger partial charge in [-0.3, -0.25) is 4.57 Å². The minimum Gasteiger partial charge on any atom is -0.424 e. The Balaban J connectivity index is 2.30. The van der Waals surface area contributed by atoms with Gasteiger partial charge in [-0.15, -0.1) is 0 Å². The highest BCUT2D eigenvalue weighted by atomic mass is 35.5. The first-order valence-corrected chi connectivity index (χ1v) is 5.03. The molecule has 0 spiro atoms. The molecule has 2 aromatic rings. The molecule has 5 heteroatoms. The normalized spacial score (nSPS) is 10.3. The Morgan fingerprint density at radius 1 is 1.27 bits per heavy atom. The summed E-state index contributed by atoms with van der Waals surface area (Å²) in [6, 6.07) is 7.60. The summed E-state index contributed by atoms with van der Waals surface area (Å²) >= 11 is 11.8. The number of imidazole rings is 1. The molecule has 0 N–H and O–H groups in total. The van der Waals surface area contributed by atoms with Crippen LogP contribution in [0.15, 0.2) is 30.5 Å². The molecule has 0 radical (unpaired) electrons. The quantitative estimate of drug-likeness (QED) is 0.806. The molecule has 15 heavy (non-hydrogen) atoms. The number of hydrogen-bond acceptors (Lipinski definition) is 2. The number of benzene rings is 1. The maximum absolute atomic E-state index is 5.94. The predicted molar refractivity (Wildman–Crippen MR) is 59.7 cm³/mol. The zero-order valence-corrected chi connectivity index (χ0v) is 9.46. The van der Waals surface area contributed by atoms with Crippen molar-refractivity contribution in [2.75, 3.05) is 0 Å². The predicted octanol–water partition coefficient (Wildman–Crippen LogP) is 3.52. The van der Waals surface area contributed by atoms with Crippen molar-refractivity contribution in [2.24, 2.45) is 7.05 Å². The van der Waals surface area contributed by atoms with E-state index >= 15 is 0 Å². The Morgan fingerprint density at radius 2 is 2.00 bits per heavy atom. The Kier molecular flexibility index (Phi) is 2.84. The van der Waals surface area contributed by atoms with Crippen LogP contribution in [0.4, 0.5) is 0 Å². The smallest absolute Gasteiger partial charge is 0.302 e. The molecule has 0 fully saturated rings. The summed E-state index contributed by atoms with van der Waals surface area (Å²) in [6.07, 6.45) is 1.52. The van der Waals surface area contributed by atoms with Crippen LogP contribution in [0.2, 0.25) is 10.2 Å². The fraction of sp³-hybridized carbons (Fsp3) is 0.100. The van der Waals surface area contributed by atoms with E-state index in [4.69, 9.17) is 27.9 Å². The van der Waals surface area contributed by atoms with Crippen LogP contribution in [0, 0.1) is 0 Å². The third-order valence-corrected chi connectivity index (χ3v) is 2.59. The Labute approximate surface area is 97.2 Å². The summed E-state index contributed by atoms with van der Waals surface area (Å²) in [6.45, 7) is 0. The van der Waals surface area contributed by atoms with Gasteiger partial charge in [0.15, 0.2) is 0 Å². The van der Waals surface area contributed by atoms with Crippen LogP contribution in [0.5, 0.6) is 11.8 Å². The van der Waals surface area contributed by atoms with Crippen LogP contribution in [-0.2, 0) is 7.05 Å². The van der Waals surface area contributed by atoms with Gasteiger partial charge in [0.25, 0.3) is 0 Å². The molecule has 0 aliphatic rings. The van der Waals surface area contributed by atoms with Gasteiger partial charge in [-0.05, 0) is 12.1 Å². The molecule has 2 rings (SSSR count). The minimum absolute atomic E-state index is 0.410. The first-order chi connectivity index (χ1) is 7.18. The highest BCUT2D eigenvalue weighted by Gasteiger charge is 2.08. The third-order valence-electron chi connectivity index (χ3n) is 1.93. The van der Waals surface area contributed by atoms with Crippen LogP contribution in [0.1, 0.15) is 0 Å². The molecule has 0 atom stereocenters. The molecule has 0 aliphatic heterocycles. The maximum Gasteiger partial charge on any atom is 0.302 e. The lowest BCUT2D eigenvalue weighted by Crippen LogP contribution is -1.94. The molecule has 0 unspecified atom stereocenters. The lowest BCUT2D eigenvalue weighted by Gasteiger charge is -2.06. The number of aromatic nitrogens is 2. The van der Waals surface area contributed by atoms with Gasteiger partial charge in [0.1, 0.15) is 10.9 Å². The minimum atomic E-state index is 0.410. The van der Waals surface area contributed by atoms with Gasteiger partial charge in [-0.2, -0.15) is 0 Å². The Hall–Kier alpha value is -1.19. The van der Waals surface area contributed by atoms with E-state index in [9.17, 15) is 0 Å². The van der Waals surface area contributed by atoms with Crippen molar-refractivity contribution in [1.29, 1.82) is 0 Å². The molecule has 78 valence electrons. The lowest BCUT2D eigenvalue weighted by molar-refractivity contribution is 0.425. The number of halogens is 2. The van der Waals surface area contributed by atoms with Gasteiger partial charge >= 0.3 is 6.01 Å². The maximum atomic E-state index is 5.94. The molecule has 3 nitrogen and oxygen atoms in total. The number of para-hydroxylation sites is 1. The number of hydrogen-bond donors (Lipinski definition) is 0. The van der Waals surface area contributed by atoms with Gasteiger partial charge in [-0.1, -0.05) is 35.3 Å². The molecule has 0 amide bonds. The first kappa shape index (κ1) is 10.3. The second kappa shape index (κ2) is 4.13. The average Bonchev–Trinajstić information content (AvgIpc) is 2.53. The summed E-state index contributed by atoms with van der Waals surface area (Å²) in [7, 11) is 1.77. The number of nitrogens with zero attached hydrogens (tertiary/aromatic N) is 2. The van der Waals surface area contributed by atoms with Gasteiger partial charge in [-0.25, -0.2) is 4.98 Å². The van der Waals surface area contributed by atoms with E-state index in [-0.39, 0.29) is 0 Å². The van der Waals surface area contributed by atoms with Crippen molar-refractivity contribution in [1.82, 2.24) is 9.55 Å². The molecule has 0 aliphatic carbocycles. The molecular formula is C10H8Cl2N2O. The van der Waals surface area contributed by atoms with E-state index in [0.29, 0.717) is 21.9 Å². The molecular weight excluding hydrogens is 235 g/mol. The van der Waals surface area contributed by atoms with E-state index in [2.05, 4.69) is 4.98 Å². The lowest BCUT2D eigenvalue weighted by atomic mass is 10.3. The summed E-state index contributed by atoms with van der Waals surface area (Å²) in [5, 5.41) is 1.05. The van der Waals surface area contributed by atoms with E-state index in [1.807, 2.05) is 12.1 Å². The topological polar surface area (TPSA) is 27.1 Å². The molecule has 1 heterocycles. The summed E-state index contributed by atoms with van der Waals surface area (Å²) in [5.74, 6) is 0.560. The highest BCUT2D eigenvalue weighted by molar-refractivity contribution is 6.32. The highest BCUT2D eigenvalue weighted by Crippen LogP contribution is 2.28. The largest absolute Gasteiger partial charge is 0.424 e. The van der Waals surface area contributed by atoms with Crippen molar-refractivity contribution < 1.29 is 4.74 Å². The van der Waals surface area contributed by atoms with Crippen LogP contribution in [-0.4, -0.2) is 9.55 Å². The second-order valence-electron chi connectivity index (χ2n) is 2.95. The SMILES string of the molecule is Cn1c(Cl)cnc1Oc1ccccc1Cl. The van der Waals surface area contributed by atoms with Crippen LogP contribution in [0.25, 0.3) is 0 Å². The van der Waals surface area contributed by atoms with E-state index < -0.39 is 0 Å². The standard InChI is InChI=1S/C10H8Cl2N2O/c1-14-9(12)6-13-10(14)15-8-5-3-2-4-7(8)11/h2-6H,1H3. The Morgan fingerprint density at radius 3 is 2.60 bits per heavy atom. The van der Waals surface area contributed by atoms with Gasteiger partial charge < -0.3 is 4.74 Å². The molecule has 0 bridgehead atoms. The third kappa shape index (κ3) is 2.08. The van der Waals surface area contributed by atoms with Crippen molar-refractivity contribution in [3.05, 3.63) is 40.6 Å². The van der Waals surface area contributed by atoms with Crippen molar-refractivity contribution in [3.63, 3.8) is 0 Å². The first-order valence-electron chi connectivity index (χ1n) is 4.28. The molecule has 0 saturated heterocycles. The van der Waals surface area contributed by atoms with Crippen LogP contribution >= 0.6 is 23.2 Å². The van der Waals surface area contributed by atoms with Gasteiger partial charge in [0, 0.05) is 7.05 Å². The van der Waals surface area contributed by atoms with Crippen LogP contribution in [0.3, 0.4) is 0 Å². The van der Waals surface area contributed by atoms with Gasteiger partial charge in [0.2, 0.25) is 0 Å². The zero-order chi connectivity index (χ0) is 10.8. The van der Waals surface area contributed by atoms with Crippen molar-refractivity contribution in [3.8, 4) is 11.8 Å². The molecule has 0 saturated carbocycles. The fourth-order valence-electron chi connectivity index (χ4n) is 1.09. The van der Waals surface area contributed by atoms with E-state index in [1.54, 1.807) is 23.7 Å².